The van der Waals surface area contributed by atoms with Gasteiger partial charge >= 0.3 is 17.9 Å². The average Bonchev–Trinajstić information content (AvgIpc) is 3.24. The number of carbonyl (C=O) groups is 3. The van der Waals surface area contributed by atoms with Crippen molar-refractivity contribution < 1.29 is 28.6 Å². The molecular weight excluding hydrogens is 757 g/mol. The van der Waals surface area contributed by atoms with Gasteiger partial charge in [0.15, 0.2) is 6.10 Å². The maximum absolute atomic E-state index is 12.8. The largest absolute Gasteiger partial charge is 0.462 e. The van der Waals surface area contributed by atoms with E-state index in [9.17, 15) is 14.4 Å². The molecule has 0 aromatic rings. The normalized spacial score (nSPS) is 12.5. The molecule has 61 heavy (non-hydrogen) atoms. The van der Waals surface area contributed by atoms with Gasteiger partial charge in [-0.25, -0.2) is 0 Å². The second-order valence-electron chi connectivity index (χ2n) is 19.6. The summed E-state index contributed by atoms with van der Waals surface area (Å²) in [5.74, 6) is 0.826. The molecular formula is C55H106O6. The van der Waals surface area contributed by atoms with Crippen molar-refractivity contribution in [1.29, 1.82) is 0 Å². The van der Waals surface area contributed by atoms with E-state index >= 15 is 0 Å². The van der Waals surface area contributed by atoms with Crippen molar-refractivity contribution >= 4 is 17.9 Å². The third kappa shape index (κ3) is 47.7. The predicted octanol–water partition coefficient (Wildman–Crippen LogP) is 17.7. The second kappa shape index (κ2) is 47.9. The van der Waals surface area contributed by atoms with Crippen LogP contribution in [0.1, 0.15) is 304 Å². The Balaban J connectivity index is 4.30. The van der Waals surface area contributed by atoms with E-state index in [0.29, 0.717) is 19.3 Å². The van der Waals surface area contributed by atoms with Crippen molar-refractivity contribution in [3.8, 4) is 0 Å². The Hall–Kier alpha value is -1.59. The maximum atomic E-state index is 12.8. The molecule has 0 aliphatic carbocycles. The highest BCUT2D eigenvalue weighted by Crippen LogP contribution is 2.18. The zero-order valence-electron chi connectivity index (χ0n) is 41.8. The van der Waals surface area contributed by atoms with Gasteiger partial charge in [-0.1, -0.05) is 266 Å². The Morgan fingerprint density at radius 3 is 0.934 bits per heavy atom. The maximum Gasteiger partial charge on any atom is 0.306 e. The summed E-state index contributed by atoms with van der Waals surface area (Å²) < 4.78 is 16.8. The van der Waals surface area contributed by atoms with Crippen LogP contribution in [0.2, 0.25) is 0 Å². The molecule has 0 bridgehead atoms. The Kier molecular flexibility index (Phi) is 46.6. The summed E-state index contributed by atoms with van der Waals surface area (Å²) >= 11 is 0. The standard InChI is InChI=1S/C55H106O6/c1-6-8-9-10-11-12-13-14-15-16-17-18-21-24-30-35-40-45-53(56)59-48-52(49-60-54(57)46-41-36-31-27-26-29-34-39-44-51(5)7-2)61-55(58)47-42-37-32-25-22-19-20-23-28-33-38-43-50(3)4/h50-52H,6-49H2,1-5H3/t51?,52-/m0/s1. The summed E-state index contributed by atoms with van der Waals surface area (Å²) in [4.78, 5) is 38.0. The predicted molar refractivity (Wildman–Crippen MR) is 261 cm³/mol. The van der Waals surface area contributed by atoms with E-state index in [1.807, 2.05) is 0 Å². The molecule has 0 rings (SSSR count). The molecule has 0 fully saturated rings. The lowest BCUT2D eigenvalue weighted by molar-refractivity contribution is -0.167. The number of esters is 3. The van der Waals surface area contributed by atoms with Crippen molar-refractivity contribution in [2.24, 2.45) is 11.8 Å². The Bertz CT molecular complexity index is 933. The number of unbranched alkanes of at least 4 members (excludes halogenated alkanes) is 33. The first-order chi connectivity index (χ1) is 29.8. The summed E-state index contributed by atoms with van der Waals surface area (Å²) in [6.45, 7) is 11.4. The van der Waals surface area contributed by atoms with Gasteiger partial charge in [0, 0.05) is 19.3 Å². The van der Waals surface area contributed by atoms with Crippen LogP contribution in [0.4, 0.5) is 0 Å². The minimum absolute atomic E-state index is 0.0636. The summed E-state index contributed by atoms with van der Waals surface area (Å²) in [6, 6.07) is 0. The Labute approximate surface area is 380 Å². The number of hydrogen-bond donors (Lipinski definition) is 0. The molecule has 0 aromatic carbocycles. The van der Waals surface area contributed by atoms with Crippen molar-refractivity contribution in [1.82, 2.24) is 0 Å². The van der Waals surface area contributed by atoms with Gasteiger partial charge in [0.25, 0.3) is 0 Å². The molecule has 1 unspecified atom stereocenters. The highest BCUT2D eigenvalue weighted by molar-refractivity contribution is 5.71. The molecule has 0 saturated carbocycles. The van der Waals surface area contributed by atoms with Crippen molar-refractivity contribution in [2.75, 3.05) is 13.2 Å². The molecule has 0 aromatic heterocycles. The van der Waals surface area contributed by atoms with Gasteiger partial charge in [-0.15, -0.1) is 0 Å². The van der Waals surface area contributed by atoms with E-state index in [-0.39, 0.29) is 31.1 Å². The lowest BCUT2D eigenvalue weighted by Crippen LogP contribution is -2.30. The zero-order valence-corrected chi connectivity index (χ0v) is 41.8. The second-order valence-corrected chi connectivity index (χ2v) is 19.6. The van der Waals surface area contributed by atoms with Crippen LogP contribution >= 0.6 is 0 Å². The number of ether oxygens (including phenoxy) is 3. The summed E-state index contributed by atoms with van der Waals surface area (Å²) in [5, 5.41) is 0. The molecule has 0 heterocycles. The van der Waals surface area contributed by atoms with Gasteiger partial charge < -0.3 is 14.2 Å². The highest BCUT2D eigenvalue weighted by atomic mass is 16.6. The molecule has 0 spiro atoms. The third-order valence-electron chi connectivity index (χ3n) is 12.8. The monoisotopic (exact) mass is 863 g/mol. The van der Waals surface area contributed by atoms with E-state index in [0.717, 1.165) is 69.6 Å². The third-order valence-corrected chi connectivity index (χ3v) is 12.8. The van der Waals surface area contributed by atoms with Crippen LogP contribution in [0.5, 0.6) is 0 Å². The molecule has 0 radical (unpaired) electrons. The van der Waals surface area contributed by atoms with Crippen molar-refractivity contribution in [2.45, 2.75) is 310 Å². The molecule has 6 nitrogen and oxygen atoms in total. The molecule has 0 amide bonds. The van der Waals surface area contributed by atoms with Crippen LogP contribution in [-0.4, -0.2) is 37.2 Å². The first kappa shape index (κ1) is 59.4. The minimum atomic E-state index is -0.762. The molecule has 0 aliphatic heterocycles. The van der Waals surface area contributed by atoms with Crippen molar-refractivity contribution in [3.63, 3.8) is 0 Å². The summed E-state index contributed by atoms with van der Waals surface area (Å²) in [6.07, 6.45) is 49.4. The van der Waals surface area contributed by atoms with Crippen LogP contribution in [0.25, 0.3) is 0 Å². The first-order valence-corrected chi connectivity index (χ1v) is 27.3. The van der Waals surface area contributed by atoms with Crippen LogP contribution in [0.15, 0.2) is 0 Å². The molecule has 0 saturated heterocycles. The van der Waals surface area contributed by atoms with E-state index in [1.54, 1.807) is 0 Å². The number of hydrogen-bond acceptors (Lipinski definition) is 6. The Morgan fingerprint density at radius 1 is 0.344 bits per heavy atom. The van der Waals surface area contributed by atoms with Gasteiger partial charge in [0.2, 0.25) is 0 Å². The fraction of sp³-hybridized carbons (Fsp3) is 0.945. The van der Waals surface area contributed by atoms with Crippen LogP contribution in [-0.2, 0) is 28.6 Å². The first-order valence-electron chi connectivity index (χ1n) is 27.3. The quantitative estimate of drug-likeness (QED) is 0.0344. The van der Waals surface area contributed by atoms with E-state index in [1.165, 1.54) is 193 Å². The Morgan fingerprint density at radius 2 is 0.623 bits per heavy atom. The van der Waals surface area contributed by atoms with E-state index in [2.05, 4.69) is 34.6 Å². The number of carbonyl (C=O) groups excluding carboxylic acids is 3. The van der Waals surface area contributed by atoms with Crippen LogP contribution in [0.3, 0.4) is 0 Å². The minimum Gasteiger partial charge on any atom is -0.462 e. The van der Waals surface area contributed by atoms with E-state index in [4.69, 9.17) is 14.2 Å². The van der Waals surface area contributed by atoms with Gasteiger partial charge in [-0.3, -0.25) is 14.4 Å². The molecule has 6 heteroatoms. The molecule has 0 N–H and O–H groups in total. The van der Waals surface area contributed by atoms with Crippen LogP contribution in [0, 0.1) is 11.8 Å². The summed E-state index contributed by atoms with van der Waals surface area (Å²) in [7, 11) is 0. The SMILES string of the molecule is CCCCCCCCCCCCCCCCCCCC(=O)OC[C@@H](COC(=O)CCCCCCCCCCC(C)CC)OC(=O)CCCCCCCCCCCCCC(C)C. The number of rotatable bonds is 49. The zero-order chi connectivity index (χ0) is 44.7. The lowest BCUT2D eigenvalue weighted by Gasteiger charge is -2.18. The van der Waals surface area contributed by atoms with Gasteiger partial charge in [-0.05, 0) is 31.1 Å². The van der Waals surface area contributed by atoms with Crippen molar-refractivity contribution in [3.05, 3.63) is 0 Å². The average molecular weight is 863 g/mol. The smallest absolute Gasteiger partial charge is 0.306 e. The van der Waals surface area contributed by atoms with E-state index < -0.39 is 6.10 Å². The van der Waals surface area contributed by atoms with Gasteiger partial charge in [-0.2, -0.15) is 0 Å². The van der Waals surface area contributed by atoms with Crippen LogP contribution < -0.4 is 0 Å². The van der Waals surface area contributed by atoms with Gasteiger partial charge in [0.05, 0.1) is 0 Å². The molecule has 2 atom stereocenters. The fourth-order valence-electron chi connectivity index (χ4n) is 8.31. The lowest BCUT2D eigenvalue weighted by atomic mass is 9.99. The molecule has 0 aliphatic rings. The topological polar surface area (TPSA) is 78.9 Å². The van der Waals surface area contributed by atoms with Gasteiger partial charge in [0.1, 0.15) is 13.2 Å². The highest BCUT2D eigenvalue weighted by Gasteiger charge is 2.19. The summed E-state index contributed by atoms with van der Waals surface area (Å²) in [5.41, 5.74) is 0. The molecule has 362 valence electrons. The fourth-order valence-corrected chi connectivity index (χ4v) is 8.31.